The Bertz CT molecular complexity index is 691. The van der Waals surface area contributed by atoms with E-state index in [1.54, 1.807) is 30.6 Å². The van der Waals surface area contributed by atoms with E-state index in [1.807, 2.05) is 20.8 Å². The Morgan fingerprint density at radius 3 is 2.68 bits per heavy atom. The van der Waals surface area contributed by atoms with Gasteiger partial charge in [0.1, 0.15) is 5.69 Å². The summed E-state index contributed by atoms with van der Waals surface area (Å²) in [5.41, 5.74) is 1.21. The van der Waals surface area contributed by atoms with Gasteiger partial charge in [0.2, 0.25) is 5.91 Å². The number of thiazole rings is 1. The topological polar surface area (TPSA) is 88.9 Å². The quantitative estimate of drug-likeness (QED) is 0.863. The van der Waals surface area contributed by atoms with Crippen molar-refractivity contribution in [3.05, 3.63) is 33.5 Å². The van der Waals surface area contributed by atoms with Crippen LogP contribution in [-0.2, 0) is 11.8 Å². The highest BCUT2D eigenvalue weighted by Gasteiger charge is 2.16. The predicted molar refractivity (Wildman–Crippen MR) is 83.7 cm³/mol. The second-order valence-electron chi connectivity index (χ2n) is 5.03. The van der Waals surface area contributed by atoms with Gasteiger partial charge in [-0.25, -0.2) is 4.98 Å². The molecule has 0 aliphatic carbocycles. The third-order valence-corrected chi connectivity index (χ3v) is 4.32. The zero-order chi connectivity index (χ0) is 16.3. The van der Waals surface area contributed by atoms with Crippen molar-refractivity contribution in [1.82, 2.24) is 25.4 Å². The first-order valence-corrected chi connectivity index (χ1v) is 7.69. The van der Waals surface area contributed by atoms with Crippen LogP contribution in [0, 0.1) is 13.8 Å². The fourth-order valence-electron chi connectivity index (χ4n) is 2.09. The highest BCUT2D eigenvalue weighted by atomic mass is 32.1. The van der Waals surface area contributed by atoms with Crippen molar-refractivity contribution in [3.63, 3.8) is 0 Å². The van der Waals surface area contributed by atoms with Crippen molar-refractivity contribution in [2.24, 2.45) is 7.05 Å². The summed E-state index contributed by atoms with van der Waals surface area (Å²) in [5.74, 6) is -0.615. The molecule has 0 fully saturated rings. The molecule has 8 heteroatoms. The number of nitrogens with one attached hydrogen (secondary N) is 2. The molecule has 0 radical (unpaired) electrons. The van der Waals surface area contributed by atoms with Gasteiger partial charge in [0.15, 0.2) is 0 Å². The van der Waals surface area contributed by atoms with Gasteiger partial charge in [-0.1, -0.05) is 0 Å². The van der Waals surface area contributed by atoms with Crippen molar-refractivity contribution in [3.8, 4) is 0 Å². The number of amides is 2. The molecule has 2 amide bonds. The lowest BCUT2D eigenvalue weighted by molar-refractivity contribution is -0.120. The number of nitrogens with zero attached hydrogens (tertiary/aromatic N) is 3. The molecule has 1 atom stereocenters. The van der Waals surface area contributed by atoms with Gasteiger partial charge in [-0.3, -0.25) is 14.3 Å². The predicted octanol–water partition coefficient (Wildman–Crippen LogP) is 1.10. The van der Waals surface area contributed by atoms with Gasteiger partial charge in [-0.15, -0.1) is 11.3 Å². The molecule has 118 valence electrons. The summed E-state index contributed by atoms with van der Waals surface area (Å²) >= 11 is 1.56. The Kier molecular flexibility index (Phi) is 4.92. The number of hydrogen-bond donors (Lipinski definition) is 2. The lowest BCUT2D eigenvalue weighted by Gasteiger charge is -2.13. The second kappa shape index (κ2) is 6.69. The maximum atomic E-state index is 11.9. The minimum Gasteiger partial charge on any atom is -0.347 e. The van der Waals surface area contributed by atoms with Crippen LogP contribution in [0.5, 0.6) is 0 Å². The smallest absolute Gasteiger partial charge is 0.272 e. The van der Waals surface area contributed by atoms with Crippen LogP contribution >= 0.6 is 11.3 Å². The second-order valence-corrected chi connectivity index (χ2v) is 6.26. The molecular formula is C14H19N5O2S. The minimum atomic E-state index is -0.367. The molecule has 1 unspecified atom stereocenters. The Hall–Kier alpha value is -2.22. The first kappa shape index (κ1) is 16.2. The van der Waals surface area contributed by atoms with Crippen LogP contribution in [0.15, 0.2) is 12.3 Å². The van der Waals surface area contributed by atoms with Crippen LogP contribution in [0.25, 0.3) is 0 Å². The summed E-state index contributed by atoms with van der Waals surface area (Å²) in [7, 11) is 1.73. The van der Waals surface area contributed by atoms with Crippen molar-refractivity contribution >= 4 is 23.2 Å². The third kappa shape index (κ3) is 3.91. The average molecular weight is 321 g/mol. The lowest BCUT2D eigenvalue weighted by Crippen LogP contribution is -2.38. The summed E-state index contributed by atoms with van der Waals surface area (Å²) in [6.45, 7) is 5.67. The monoisotopic (exact) mass is 321 g/mol. The molecule has 7 nitrogen and oxygen atoms in total. The van der Waals surface area contributed by atoms with E-state index < -0.39 is 0 Å². The summed E-state index contributed by atoms with van der Waals surface area (Å²) in [6, 6.07) is 1.46. The molecule has 22 heavy (non-hydrogen) atoms. The van der Waals surface area contributed by atoms with E-state index in [0.717, 1.165) is 15.6 Å². The number of carbonyl (C=O) groups is 2. The van der Waals surface area contributed by atoms with Gasteiger partial charge in [0.05, 0.1) is 23.3 Å². The zero-order valence-corrected chi connectivity index (χ0v) is 13.8. The molecule has 0 saturated carbocycles. The fraction of sp³-hybridized carbons (Fsp3) is 0.429. The number of rotatable bonds is 5. The highest BCUT2D eigenvalue weighted by molar-refractivity contribution is 7.11. The summed E-state index contributed by atoms with van der Waals surface area (Å²) in [5, 5.41) is 10.4. The van der Waals surface area contributed by atoms with Crippen LogP contribution in [-0.4, -0.2) is 33.1 Å². The van der Waals surface area contributed by atoms with Gasteiger partial charge >= 0.3 is 0 Å². The van der Waals surface area contributed by atoms with Gasteiger partial charge in [0.25, 0.3) is 5.91 Å². The van der Waals surface area contributed by atoms with Crippen molar-refractivity contribution < 1.29 is 9.59 Å². The highest BCUT2D eigenvalue weighted by Crippen LogP contribution is 2.24. The van der Waals surface area contributed by atoms with E-state index in [1.165, 1.54) is 4.68 Å². The molecule has 0 aromatic carbocycles. The Balaban J connectivity index is 1.85. The maximum Gasteiger partial charge on any atom is 0.272 e. The lowest BCUT2D eigenvalue weighted by atomic mass is 10.2. The van der Waals surface area contributed by atoms with E-state index in [9.17, 15) is 9.59 Å². The van der Waals surface area contributed by atoms with Crippen LogP contribution in [0.4, 0.5) is 0 Å². The van der Waals surface area contributed by atoms with Crippen LogP contribution in [0.3, 0.4) is 0 Å². The van der Waals surface area contributed by atoms with Gasteiger partial charge in [-0.2, -0.15) is 5.10 Å². The molecule has 2 rings (SSSR count). The first-order chi connectivity index (χ1) is 10.4. The summed E-state index contributed by atoms with van der Waals surface area (Å²) in [6.07, 6.45) is 1.67. The first-order valence-electron chi connectivity index (χ1n) is 6.88. The minimum absolute atomic E-state index is 0.0867. The molecule has 2 aromatic heterocycles. The van der Waals surface area contributed by atoms with Gasteiger partial charge < -0.3 is 10.6 Å². The molecule has 2 aromatic rings. The molecule has 0 bridgehead atoms. The molecule has 0 aliphatic heterocycles. The van der Waals surface area contributed by atoms with E-state index in [2.05, 4.69) is 20.7 Å². The number of carbonyl (C=O) groups excluding carboxylic acids is 2. The SMILES string of the molecule is Cc1nc(C)c(C(C)NC(=O)CNC(=O)c2ccn(C)n2)s1. The molecule has 2 N–H and O–H groups in total. The molecule has 0 saturated heterocycles. The Morgan fingerprint density at radius 2 is 2.14 bits per heavy atom. The summed E-state index contributed by atoms with van der Waals surface area (Å²) in [4.78, 5) is 29.1. The van der Waals surface area contributed by atoms with Crippen LogP contribution in [0.2, 0.25) is 0 Å². The number of aromatic nitrogens is 3. The average Bonchev–Trinajstić information content (AvgIpc) is 3.01. The summed E-state index contributed by atoms with van der Waals surface area (Å²) < 4.78 is 1.53. The third-order valence-electron chi connectivity index (χ3n) is 3.07. The molecule has 0 aliphatic rings. The fourth-order valence-corrected chi connectivity index (χ4v) is 3.02. The van der Waals surface area contributed by atoms with E-state index in [-0.39, 0.29) is 30.1 Å². The maximum absolute atomic E-state index is 11.9. The van der Waals surface area contributed by atoms with Crippen LogP contribution < -0.4 is 10.6 Å². The van der Waals surface area contributed by atoms with Gasteiger partial charge in [-0.05, 0) is 26.8 Å². The Labute approximate surface area is 132 Å². The van der Waals surface area contributed by atoms with Crippen LogP contribution in [0.1, 0.15) is 39.0 Å². The number of aryl methyl sites for hydroxylation is 3. The van der Waals surface area contributed by atoms with Crippen molar-refractivity contribution in [2.45, 2.75) is 26.8 Å². The molecule has 0 spiro atoms. The Morgan fingerprint density at radius 1 is 1.41 bits per heavy atom. The van der Waals surface area contributed by atoms with Gasteiger partial charge in [0, 0.05) is 18.1 Å². The zero-order valence-electron chi connectivity index (χ0n) is 13.0. The molecular weight excluding hydrogens is 302 g/mol. The van der Waals surface area contributed by atoms with E-state index in [4.69, 9.17) is 0 Å². The largest absolute Gasteiger partial charge is 0.347 e. The van der Waals surface area contributed by atoms with E-state index >= 15 is 0 Å². The standard InChI is InChI=1S/C14H19N5O2S/c1-8-13(22-10(3)16-8)9(2)17-12(20)7-15-14(21)11-5-6-19(4)18-11/h5-6,9H,7H2,1-4H3,(H,15,21)(H,17,20). The van der Waals surface area contributed by atoms with Crippen molar-refractivity contribution in [1.29, 1.82) is 0 Å². The normalized spacial score (nSPS) is 12.0. The molecule has 2 heterocycles. The number of hydrogen-bond acceptors (Lipinski definition) is 5. The van der Waals surface area contributed by atoms with E-state index in [0.29, 0.717) is 0 Å². The van der Waals surface area contributed by atoms with Crippen molar-refractivity contribution in [2.75, 3.05) is 6.54 Å².